The first-order valence-corrected chi connectivity index (χ1v) is 10.6. The lowest BCUT2D eigenvalue weighted by Gasteiger charge is -2.36. The number of hydrogen-bond acceptors (Lipinski definition) is 3. The fourth-order valence-electron chi connectivity index (χ4n) is 3.34. The summed E-state index contributed by atoms with van der Waals surface area (Å²) in [6.07, 6.45) is 6.07. The molecule has 4 nitrogen and oxygen atoms in total. The van der Waals surface area contributed by atoms with Gasteiger partial charge in [-0.1, -0.05) is 19.1 Å². The van der Waals surface area contributed by atoms with Crippen molar-refractivity contribution in [2.45, 2.75) is 70.6 Å². The van der Waals surface area contributed by atoms with Gasteiger partial charge in [-0.05, 0) is 56.7 Å². The molecule has 2 rings (SSSR count). The molecule has 1 atom stereocenters. The summed E-state index contributed by atoms with van der Waals surface area (Å²) in [6, 6.07) is 7.07. The van der Waals surface area contributed by atoms with Crippen molar-refractivity contribution in [3.8, 4) is 0 Å². The SMILES string of the molecule is CCC(C)NC1CCC(N(Cc2ccc(F)cc2)S(C)(=O)=O)CC1. The monoisotopic (exact) mass is 356 g/mol. The Hall–Kier alpha value is -0.980. The number of benzene rings is 1. The van der Waals surface area contributed by atoms with Crippen LogP contribution in [0.4, 0.5) is 4.39 Å². The van der Waals surface area contributed by atoms with Crippen LogP contribution in [0.5, 0.6) is 0 Å². The lowest BCUT2D eigenvalue weighted by molar-refractivity contribution is 0.215. The van der Waals surface area contributed by atoms with Crippen molar-refractivity contribution in [3.05, 3.63) is 35.6 Å². The van der Waals surface area contributed by atoms with Crippen molar-refractivity contribution in [2.75, 3.05) is 6.26 Å². The zero-order valence-electron chi connectivity index (χ0n) is 14.8. The molecule has 1 aliphatic rings. The Kier molecular flexibility index (Phi) is 6.78. The predicted octanol–water partition coefficient (Wildman–Crippen LogP) is 3.29. The van der Waals surface area contributed by atoms with E-state index in [0.717, 1.165) is 37.7 Å². The summed E-state index contributed by atoms with van der Waals surface area (Å²) in [4.78, 5) is 0. The van der Waals surface area contributed by atoms with Gasteiger partial charge in [0.2, 0.25) is 10.0 Å². The van der Waals surface area contributed by atoms with Crippen LogP contribution in [0.2, 0.25) is 0 Å². The van der Waals surface area contributed by atoms with Gasteiger partial charge >= 0.3 is 0 Å². The van der Waals surface area contributed by atoms with Crippen molar-refractivity contribution in [3.63, 3.8) is 0 Å². The third kappa shape index (κ3) is 5.53. The lowest BCUT2D eigenvalue weighted by atomic mass is 9.90. The van der Waals surface area contributed by atoms with Gasteiger partial charge in [-0.3, -0.25) is 0 Å². The molecule has 0 amide bonds. The maximum absolute atomic E-state index is 13.1. The minimum atomic E-state index is -3.30. The molecular formula is C18H29FN2O2S. The molecule has 0 spiro atoms. The zero-order chi connectivity index (χ0) is 17.7. The molecule has 0 saturated heterocycles. The topological polar surface area (TPSA) is 49.4 Å². The summed E-state index contributed by atoms with van der Waals surface area (Å²) in [7, 11) is -3.30. The second kappa shape index (κ2) is 8.41. The van der Waals surface area contributed by atoms with Crippen LogP contribution in [0.1, 0.15) is 51.5 Å². The summed E-state index contributed by atoms with van der Waals surface area (Å²) < 4.78 is 39.1. The number of nitrogens with one attached hydrogen (secondary N) is 1. The molecule has 24 heavy (non-hydrogen) atoms. The standard InChI is InChI=1S/C18H29FN2O2S/c1-4-14(2)20-17-9-11-18(12-10-17)21(24(3,22)23)13-15-5-7-16(19)8-6-15/h5-8,14,17-18,20H,4,9-13H2,1-3H3. The van der Waals surface area contributed by atoms with Gasteiger partial charge in [0.25, 0.3) is 0 Å². The van der Waals surface area contributed by atoms with Crippen LogP contribution in [-0.2, 0) is 16.6 Å². The zero-order valence-corrected chi connectivity index (χ0v) is 15.7. The highest BCUT2D eigenvalue weighted by Gasteiger charge is 2.31. The van der Waals surface area contributed by atoms with E-state index in [1.54, 1.807) is 16.4 Å². The first kappa shape index (κ1) is 19.3. The van der Waals surface area contributed by atoms with Crippen LogP contribution in [0, 0.1) is 5.82 Å². The highest BCUT2D eigenvalue weighted by molar-refractivity contribution is 7.88. The van der Waals surface area contributed by atoms with E-state index in [1.165, 1.54) is 18.4 Å². The van der Waals surface area contributed by atoms with E-state index in [2.05, 4.69) is 19.2 Å². The summed E-state index contributed by atoms with van der Waals surface area (Å²) in [5, 5.41) is 3.61. The summed E-state index contributed by atoms with van der Waals surface area (Å²) in [5.41, 5.74) is 0.821. The molecule has 1 saturated carbocycles. The van der Waals surface area contributed by atoms with Gasteiger partial charge < -0.3 is 5.32 Å². The van der Waals surface area contributed by atoms with Crippen molar-refractivity contribution in [1.82, 2.24) is 9.62 Å². The molecule has 1 aromatic carbocycles. The van der Waals surface area contributed by atoms with E-state index in [4.69, 9.17) is 0 Å². The Morgan fingerprint density at radius 1 is 1.21 bits per heavy atom. The Balaban J connectivity index is 2.01. The molecule has 0 bridgehead atoms. The first-order chi connectivity index (χ1) is 11.3. The van der Waals surface area contributed by atoms with Crippen LogP contribution in [-0.4, -0.2) is 37.1 Å². The minimum Gasteiger partial charge on any atom is -0.312 e. The van der Waals surface area contributed by atoms with Crippen molar-refractivity contribution < 1.29 is 12.8 Å². The summed E-state index contributed by atoms with van der Waals surface area (Å²) >= 11 is 0. The number of hydrogen-bond donors (Lipinski definition) is 1. The fraction of sp³-hybridized carbons (Fsp3) is 0.667. The lowest BCUT2D eigenvalue weighted by Crippen LogP contribution is -2.46. The molecule has 136 valence electrons. The second-order valence-corrected chi connectivity index (χ2v) is 8.85. The van der Waals surface area contributed by atoms with Crippen LogP contribution < -0.4 is 5.32 Å². The van der Waals surface area contributed by atoms with E-state index in [1.807, 2.05) is 0 Å². The van der Waals surface area contributed by atoms with E-state index in [0.29, 0.717) is 18.6 Å². The fourth-order valence-corrected chi connectivity index (χ4v) is 4.47. The Labute approximate surface area is 145 Å². The maximum atomic E-state index is 13.1. The van der Waals surface area contributed by atoms with E-state index in [9.17, 15) is 12.8 Å². The number of rotatable bonds is 7. The predicted molar refractivity (Wildman–Crippen MR) is 95.7 cm³/mol. The molecule has 0 aromatic heterocycles. The summed E-state index contributed by atoms with van der Waals surface area (Å²) in [5.74, 6) is -0.304. The highest BCUT2D eigenvalue weighted by atomic mass is 32.2. The van der Waals surface area contributed by atoms with Crippen LogP contribution in [0.3, 0.4) is 0 Å². The quantitative estimate of drug-likeness (QED) is 0.816. The van der Waals surface area contributed by atoms with Crippen molar-refractivity contribution in [2.24, 2.45) is 0 Å². The molecule has 0 heterocycles. The number of nitrogens with zero attached hydrogens (tertiary/aromatic N) is 1. The molecular weight excluding hydrogens is 327 g/mol. The van der Waals surface area contributed by atoms with E-state index >= 15 is 0 Å². The molecule has 1 aromatic rings. The van der Waals surface area contributed by atoms with Gasteiger partial charge in [0.05, 0.1) is 6.26 Å². The average molecular weight is 357 g/mol. The number of sulfonamides is 1. The average Bonchev–Trinajstić information content (AvgIpc) is 2.54. The third-order valence-corrected chi connectivity index (χ3v) is 6.19. The molecule has 1 N–H and O–H groups in total. The molecule has 6 heteroatoms. The van der Waals surface area contributed by atoms with Crippen LogP contribution in [0.25, 0.3) is 0 Å². The van der Waals surface area contributed by atoms with Gasteiger partial charge in [0, 0.05) is 24.7 Å². The molecule has 1 unspecified atom stereocenters. The van der Waals surface area contributed by atoms with Gasteiger partial charge in [0.1, 0.15) is 5.82 Å². The largest absolute Gasteiger partial charge is 0.312 e. The van der Waals surface area contributed by atoms with Crippen molar-refractivity contribution >= 4 is 10.0 Å². The van der Waals surface area contributed by atoms with Crippen LogP contribution >= 0.6 is 0 Å². The van der Waals surface area contributed by atoms with Gasteiger partial charge in [0.15, 0.2) is 0 Å². The smallest absolute Gasteiger partial charge is 0.211 e. The summed E-state index contributed by atoms with van der Waals surface area (Å²) in [6.45, 7) is 4.66. The molecule has 0 aliphatic heterocycles. The first-order valence-electron chi connectivity index (χ1n) is 8.77. The normalized spacial score (nSPS) is 23.4. The Bertz CT molecular complexity index is 610. The molecule has 0 radical (unpaired) electrons. The van der Waals surface area contributed by atoms with E-state index in [-0.39, 0.29) is 11.9 Å². The highest BCUT2D eigenvalue weighted by Crippen LogP contribution is 2.27. The molecule has 1 fully saturated rings. The third-order valence-electron chi connectivity index (χ3n) is 4.91. The minimum absolute atomic E-state index is 0.0278. The van der Waals surface area contributed by atoms with Gasteiger partial charge in [-0.2, -0.15) is 4.31 Å². The van der Waals surface area contributed by atoms with Gasteiger partial charge in [-0.25, -0.2) is 12.8 Å². The van der Waals surface area contributed by atoms with Gasteiger partial charge in [-0.15, -0.1) is 0 Å². The Morgan fingerprint density at radius 3 is 2.29 bits per heavy atom. The molecule has 1 aliphatic carbocycles. The maximum Gasteiger partial charge on any atom is 0.211 e. The van der Waals surface area contributed by atoms with Crippen molar-refractivity contribution in [1.29, 1.82) is 0 Å². The second-order valence-electron chi connectivity index (χ2n) is 6.92. The van der Waals surface area contributed by atoms with Crippen LogP contribution in [0.15, 0.2) is 24.3 Å². The van der Waals surface area contributed by atoms with E-state index < -0.39 is 10.0 Å². The Morgan fingerprint density at radius 2 is 1.79 bits per heavy atom. The number of halogens is 1.